The van der Waals surface area contributed by atoms with Gasteiger partial charge in [-0.15, -0.1) is 33.1 Å². The number of β-lactam (4-membered cyclic amide) rings is 1. The predicted molar refractivity (Wildman–Crippen MR) is 215 cm³/mol. The second kappa shape index (κ2) is 17.4. The molecule has 7 rings (SSSR count). The number of fused-ring (bicyclic) bond motifs is 1. The highest BCUT2D eigenvalue weighted by Crippen LogP contribution is 2.46. The van der Waals surface area contributed by atoms with E-state index in [2.05, 4.69) is 25.0 Å². The summed E-state index contributed by atoms with van der Waals surface area (Å²) in [5.41, 5.74) is 12.8. The number of carbonyl (C=O) groups excluding carboxylic acids is 2. The predicted octanol–water partition coefficient (Wildman–Crippen LogP) is 4.90. The van der Waals surface area contributed by atoms with Crippen LogP contribution in [0.25, 0.3) is 0 Å². The van der Waals surface area contributed by atoms with Crippen molar-refractivity contribution >= 4 is 86.8 Å². The molecule has 0 spiro atoms. The van der Waals surface area contributed by atoms with Crippen molar-refractivity contribution < 1.29 is 29.4 Å². The highest BCUT2D eigenvalue weighted by molar-refractivity contribution is 8.07. The average molecular weight is 833 g/mol. The SMILES string of the molecule is NCCSCc1nnsc1SC1=C(C(=O)O)N2C(=O)[C@@H](NC(=O)C(=NOOC(c3ccccc3)(c3ccccc3)c3ccccc3)c3csc(N)n3)[C@@H]2SC1. The summed E-state index contributed by atoms with van der Waals surface area (Å²) < 4.78 is 4.79. The topological polar surface area (TPSA) is 208 Å². The summed E-state index contributed by atoms with van der Waals surface area (Å²) in [4.78, 5) is 58.1. The standard InChI is InChI=1S/C36H32N8O6S5/c37-16-17-51-18-25-34(55-43-41-25)54-26-20-52-32-28(31(46)44(32)29(26)33(47)48)40-30(45)27(24-19-53-35(38)39-24)42-50-49-36(21-10-4-1-5-11-21,22-12-6-2-7-13-22)23-14-8-3-9-15-23/h1-15,19,28,32H,16-18,20,37H2,(H2,38,39)(H,40,45)(H,47,48)/t28-,32+/m1/s1. The summed E-state index contributed by atoms with van der Waals surface area (Å²) in [6.07, 6.45) is 0. The van der Waals surface area contributed by atoms with Gasteiger partial charge in [0.25, 0.3) is 11.8 Å². The maximum atomic E-state index is 14.0. The number of rotatable bonds is 16. The van der Waals surface area contributed by atoms with Crippen LogP contribution in [0.4, 0.5) is 5.13 Å². The van der Waals surface area contributed by atoms with E-state index in [1.165, 1.54) is 33.8 Å². The second-order valence-electron chi connectivity index (χ2n) is 11.8. The van der Waals surface area contributed by atoms with Crippen molar-refractivity contribution in [1.82, 2.24) is 24.8 Å². The number of nitrogens with zero attached hydrogens (tertiary/aromatic N) is 5. The molecule has 1 saturated heterocycles. The molecule has 0 saturated carbocycles. The third-order valence-electron chi connectivity index (χ3n) is 8.47. The van der Waals surface area contributed by atoms with Gasteiger partial charge in [0.1, 0.15) is 27.0 Å². The van der Waals surface area contributed by atoms with Crippen LogP contribution in [0.5, 0.6) is 0 Å². The third-order valence-corrected chi connectivity index (χ3v) is 13.7. The van der Waals surface area contributed by atoms with E-state index >= 15 is 0 Å². The number of anilines is 1. The molecule has 0 radical (unpaired) electrons. The molecule has 3 aromatic carbocycles. The van der Waals surface area contributed by atoms with Gasteiger partial charge in [-0.2, -0.15) is 11.8 Å². The minimum atomic E-state index is -1.33. The molecule has 5 aromatic rings. The molecule has 0 bridgehead atoms. The van der Waals surface area contributed by atoms with Crippen LogP contribution in [0.2, 0.25) is 0 Å². The minimum absolute atomic E-state index is 0.0941. The molecule has 2 aliphatic rings. The normalized spacial score (nSPS) is 17.1. The van der Waals surface area contributed by atoms with E-state index in [0.717, 1.165) is 55.2 Å². The van der Waals surface area contributed by atoms with Crippen LogP contribution >= 0.6 is 58.2 Å². The van der Waals surface area contributed by atoms with Crippen molar-refractivity contribution in [2.24, 2.45) is 10.9 Å². The summed E-state index contributed by atoms with van der Waals surface area (Å²) in [5.74, 6) is -1.04. The lowest BCUT2D eigenvalue weighted by Gasteiger charge is -2.49. The first-order valence-corrected chi connectivity index (χ1v) is 21.3. The fourth-order valence-electron chi connectivity index (χ4n) is 5.98. The van der Waals surface area contributed by atoms with Gasteiger partial charge in [0, 0.05) is 34.1 Å². The van der Waals surface area contributed by atoms with E-state index in [0.29, 0.717) is 17.2 Å². The summed E-state index contributed by atoms with van der Waals surface area (Å²) in [5, 5.41) is 22.4. The van der Waals surface area contributed by atoms with E-state index in [1.807, 2.05) is 91.0 Å². The molecule has 2 aromatic heterocycles. The number of hydrogen-bond donors (Lipinski definition) is 4. The van der Waals surface area contributed by atoms with Gasteiger partial charge in [0.2, 0.25) is 0 Å². The van der Waals surface area contributed by atoms with Crippen LogP contribution in [-0.2, 0) is 35.6 Å². The summed E-state index contributed by atoms with van der Waals surface area (Å²) in [7, 11) is 0. The fourth-order valence-corrected chi connectivity index (χ4v) is 10.8. The number of aliphatic carboxylic acids is 1. The first kappa shape index (κ1) is 38.5. The van der Waals surface area contributed by atoms with Crippen molar-refractivity contribution in [2.75, 3.05) is 23.8 Å². The van der Waals surface area contributed by atoms with Crippen LogP contribution in [0.15, 0.2) is 116 Å². The van der Waals surface area contributed by atoms with Gasteiger partial charge in [0.15, 0.2) is 16.4 Å². The first-order chi connectivity index (χ1) is 26.8. The summed E-state index contributed by atoms with van der Waals surface area (Å²) >= 11 is 6.42. The van der Waals surface area contributed by atoms with Gasteiger partial charge in [-0.3, -0.25) is 14.5 Å². The molecule has 4 heterocycles. The largest absolute Gasteiger partial charge is 0.477 e. The molecule has 19 heteroatoms. The van der Waals surface area contributed by atoms with Gasteiger partial charge in [-0.05, 0) is 33.4 Å². The van der Waals surface area contributed by atoms with Crippen LogP contribution in [0.3, 0.4) is 0 Å². The number of thioether (sulfide) groups is 3. The van der Waals surface area contributed by atoms with E-state index < -0.39 is 34.8 Å². The Hall–Kier alpha value is -4.76. The Kier molecular flexibility index (Phi) is 12.2. The van der Waals surface area contributed by atoms with Crippen LogP contribution in [-0.4, -0.2) is 77.5 Å². The number of carboxylic acid groups (broad SMARTS) is 1. The van der Waals surface area contributed by atoms with E-state index in [9.17, 15) is 19.5 Å². The van der Waals surface area contributed by atoms with Crippen LogP contribution < -0.4 is 16.8 Å². The highest BCUT2D eigenvalue weighted by Gasteiger charge is 2.55. The van der Waals surface area contributed by atoms with Gasteiger partial charge in [-0.25, -0.2) is 14.8 Å². The highest BCUT2D eigenvalue weighted by atomic mass is 32.2. The summed E-state index contributed by atoms with van der Waals surface area (Å²) in [6, 6.07) is 27.3. The van der Waals surface area contributed by atoms with Crippen molar-refractivity contribution in [3.8, 4) is 0 Å². The maximum Gasteiger partial charge on any atom is 0.353 e. The first-order valence-electron chi connectivity index (χ1n) is 16.6. The number of carboxylic acids is 1. The van der Waals surface area contributed by atoms with Crippen molar-refractivity contribution in [1.29, 1.82) is 0 Å². The van der Waals surface area contributed by atoms with Crippen molar-refractivity contribution in [3.63, 3.8) is 0 Å². The number of nitrogens with one attached hydrogen (secondary N) is 1. The lowest BCUT2D eigenvalue weighted by molar-refractivity contribution is -0.346. The van der Waals surface area contributed by atoms with Gasteiger partial charge >= 0.3 is 5.97 Å². The Bertz CT molecular complexity index is 2120. The molecule has 2 atom stereocenters. The molecular formula is C36H32N8O6S5. The van der Waals surface area contributed by atoms with E-state index in [1.54, 1.807) is 11.8 Å². The number of nitrogen functional groups attached to an aromatic ring is 1. The minimum Gasteiger partial charge on any atom is -0.477 e. The zero-order valence-electron chi connectivity index (χ0n) is 28.6. The number of hydrogen-bond acceptors (Lipinski definition) is 16. The fraction of sp³-hybridized carbons (Fsp3) is 0.194. The third kappa shape index (κ3) is 7.99. The van der Waals surface area contributed by atoms with Gasteiger partial charge in [0.05, 0.1) is 5.69 Å². The molecule has 2 aliphatic heterocycles. The number of benzene rings is 3. The smallest absolute Gasteiger partial charge is 0.353 e. The molecule has 0 unspecified atom stereocenters. The molecule has 2 amide bonds. The zero-order chi connectivity index (χ0) is 38.4. The number of carbonyl (C=O) groups is 3. The van der Waals surface area contributed by atoms with Crippen molar-refractivity contribution in [2.45, 2.75) is 27.0 Å². The molecular weight excluding hydrogens is 801 g/mol. The number of nitrogens with two attached hydrogens (primary N) is 2. The number of amides is 2. The number of oxime groups is 1. The van der Waals surface area contributed by atoms with Gasteiger partial charge in [-0.1, -0.05) is 107 Å². The maximum absolute atomic E-state index is 14.0. The molecule has 282 valence electrons. The Balaban J connectivity index is 1.14. The van der Waals surface area contributed by atoms with E-state index in [-0.39, 0.29) is 28.0 Å². The van der Waals surface area contributed by atoms with Gasteiger partial charge < -0.3 is 21.9 Å². The Morgan fingerprint density at radius 2 is 1.65 bits per heavy atom. The van der Waals surface area contributed by atoms with Crippen molar-refractivity contribution in [3.05, 3.63) is 135 Å². The van der Waals surface area contributed by atoms with E-state index in [4.69, 9.17) is 21.3 Å². The monoisotopic (exact) mass is 832 g/mol. The Labute approximate surface area is 335 Å². The number of aromatic nitrogens is 3. The zero-order valence-corrected chi connectivity index (χ0v) is 32.7. The lowest BCUT2D eigenvalue weighted by atomic mass is 9.80. The van der Waals surface area contributed by atoms with Crippen LogP contribution in [0.1, 0.15) is 28.1 Å². The second-order valence-corrected chi connectivity index (χ2v) is 17.1. The molecule has 14 nitrogen and oxygen atoms in total. The molecule has 6 N–H and O–H groups in total. The summed E-state index contributed by atoms with van der Waals surface area (Å²) in [6.45, 7) is 0.523. The lowest BCUT2D eigenvalue weighted by Crippen LogP contribution is -2.71. The average Bonchev–Trinajstić information content (AvgIpc) is 3.85. The Morgan fingerprint density at radius 3 is 2.22 bits per heavy atom. The molecule has 0 aliphatic carbocycles. The molecule has 55 heavy (non-hydrogen) atoms. The molecule has 1 fully saturated rings. The Morgan fingerprint density at radius 1 is 1.02 bits per heavy atom. The number of thiazole rings is 1. The quantitative estimate of drug-likeness (QED) is 0.0261. The van der Waals surface area contributed by atoms with Crippen LogP contribution in [0, 0.1) is 0 Å².